The largest absolute Gasteiger partial charge is 0.489 e. The van der Waals surface area contributed by atoms with Crippen molar-refractivity contribution in [1.82, 2.24) is 10.2 Å². The van der Waals surface area contributed by atoms with Gasteiger partial charge in [-0.15, -0.1) is 0 Å². The Bertz CT molecular complexity index is 629. The van der Waals surface area contributed by atoms with E-state index in [1.165, 1.54) is 12.0 Å². The van der Waals surface area contributed by atoms with Crippen LogP contribution in [0.1, 0.15) is 31.4 Å². The van der Waals surface area contributed by atoms with Gasteiger partial charge in [0.15, 0.2) is 0 Å². The minimum absolute atomic E-state index is 0.487. The fourth-order valence-electron chi connectivity index (χ4n) is 2.72. The zero-order chi connectivity index (χ0) is 17.9. The first-order valence-corrected chi connectivity index (χ1v) is 9.49. The van der Waals surface area contributed by atoms with Crippen LogP contribution < -0.4 is 10.1 Å². The molecule has 2 aromatic carbocycles. The highest BCUT2D eigenvalue weighted by atomic mass is 35.5. The van der Waals surface area contributed by atoms with Gasteiger partial charge < -0.3 is 15.0 Å². The number of hydrogen-bond donors (Lipinski definition) is 1. The Morgan fingerprint density at radius 1 is 1.04 bits per heavy atom. The molecule has 0 aliphatic heterocycles. The van der Waals surface area contributed by atoms with Gasteiger partial charge in [0.05, 0.1) is 0 Å². The molecule has 0 heterocycles. The standard InChI is InChI=1S/C21H29ClN2O/c1-3-24(4-2)14-8-13-23-16-18-9-7-11-20(15-18)25-17-19-10-5-6-12-21(19)22/h5-7,9-12,15,23H,3-4,8,13-14,16-17H2,1-2H3. The Labute approximate surface area is 156 Å². The van der Waals surface area contributed by atoms with Crippen LogP contribution in [0.25, 0.3) is 0 Å². The Hall–Kier alpha value is -1.55. The lowest BCUT2D eigenvalue weighted by Gasteiger charge is -2.17. The molecule has 0 spiro atoms. The molecule has 0 amide bonds. The lowest BCUT2D eigenvalue weighted by Crippen LogP contribution is -2.27. The molecule has 0 fully saturated rings. The Balaban J connectivity index is 1.74. The van der Waals surface area contributed by atoms with Gasteiger partial charge in [-0.05, 0) is 56.4 Å². The summed E-state index contributed by atoms with van der Waals surface area (Å²) in [5.41, 5.74) is 2.24. The molecule has 2 rings (SSSR count). The fourth-order valence-corrected chi connectivity index (χ4v) is 2.91. The van der Waals surface area contributed by atoms with Crippen LogP contribution >= 0.6 is 11.6 Å². The molecule has 0 saturated carbocycles. The van der Waals surface area contributed by atoms with Crippen LogP contribution in [-0.4, -0.2) is 31.1 Å². The second kappa shape index (κ2) is 11.1. The van der Waals surface area contributed by atoms with Crippen molar-refractivity contribution < 1.29 is 4.74 Å². The molecule has 0 aliphatic rings. The second-order valence-electron chi connectivity index (χ2n) is 6.08. The first kappa shape index (κ1) is 19.8. The summed E-state index contributed by atoms with van der Waals surface area (Å²) in [7, 11) is 0. The van der Waals surface area contributed by atoms with E-state index in [1.807, 2.05) is 36.4 Å². The monoisotopic (exact) mass is 360 g/mol. The van der Waals surface area contributed by atoms with Crippen molar-refractivity contribution in [3.05, 3.63) is 64.7 Å². The maximum Gasteiger partial charge on any atom is 0.120 e. The quantitative estimate of drug-likeness (QED) is 0.586. The molecule has 2 aromatic rings. The minimum atomic E-state index is 0.487. The molecule has 136 valence electrons. The average Bonchev–Trinajstić information content (AvgIpc) is 2.64. The van der Waals surface area contributed by atoms with E-state index < -0.39 is 0 Å². The van der Waals surface area contributed by atoms with Crippen LogP contribution in [0.15, 0.2) is 48.5 Å². The number of benzene rings is 2. The van der Waals surface area contributed by atoms with E-state index in [2.05, 4.69) is 36.2 Å². The summed E-state index contributed by atoms with van der Waals surface area (Å²) in [4.78, 5) is 2.45. The Morgan fingerprint density at radius 2 is 1.84 bits per heavy atom. The lowest BCUT2D eigenvalue weighted by molar-refractivity contribution is 0.297. The first-order chi connectivity index (χ1) is 12.2. The van der Waals surface area contributed by atoms with E-state index in [-0.39, 0.29) is 0 Å². The van der Waals surface area contributed by atoms with Crippen LogP contribution in [0.4, 0.5) is 0 Å². The summed E-state index contributed by atoms with van der Waals surface area (Å²) >= 11 is 6.17. The SMILES string of the molecule is CCN(CC)CCCNCc1cccc(OCc2ccccc2Cl)c1. The van der Waals surface area contributed by atoms with Crippen molar-refractivity contribution in [1.29, 1.82) is 0 Å². The van der Waals surface area contributed by atoms with Gasteiger partial charge in [0.25, 0.3) is 0 Å². The summed E-state index contributed by atoms with van der Waals surface area (Å²) in [5.74, 6) is 0.877. The Morgan fingerprint density at radius 3 is 2.60 bits per heavy atom. The van der Waals surface area contributed by atoms with Gasteiger partial charge in [-0.2, -0.15) is 0 Å². The molecule has 0 atom stereocenters. The van der Waals surface area contributed by atoms with Gasteiger partial charge in [-0.3, -0.25) is 0 Å². The van der Waals surface area contributed by atoms with Crippen LogP contribution in [-0.2, 0) is 13.2 Å². The van der Waals surface area contributed by atoms with E-state index in [4.69, 9.17) is 16.3 Å². The number of nitrogens with zero attached hydrogens (tertiary/aromatic N) is 1. The summed E-state index contributed by atoms with van der Waals surface area (Å²) < 4.78 is 5.88. The van der Waals surface area contributed by atoms with E-state index in [0.717, 1.165) is 49.1 Å². The summed E-state index contributed by atoms with van der Waals surface area (Å²) in [6.45, 7) is 10.2. The second-order valence-corrected chi connectivity index (χ2v) is 6.49. The molecule has 0 saturated heterocycles. The van der Waals surface area contributed by atoms with Crippen molar-refractivity contribution in [3.8, 4) is 5.75 Å². The van der Waals surface area contributed by atoms with Crippen molar-refractivity contribution >= 4 is 11.6 Å². The third kappa shape index (κ3) is 7.07. The Kier molecular flexibility index (Phi) is 8.81. The molecule has 4 heteroatoms. The number of ether oxygens (including phenoxy) is 1. The van der Waals surface area contributed by atoms with E-state index in [0.29, 0.717) is 6.61 Å². The minimum Gasteiger partial charge on any atom is -0.489 e. The first-order valence-electron chi connectivity index (χ1n) is 9.11. The van der Waals surface area contributed by atoms with Gasteiger partial charge >= 0.3 is 0 Å². The predicted octanol–water partition coefficient (Wildman–Crippen LogP) is 4.74. The van der Waals surface area contributed by atoms with Crippen LogP contribution in [0.2, 0.25) is 5.02 Å². The molecule has 0 aromatic heterocycles. The van der Waals surface area contributed by atoms with Gasteiger partial charge in [0, 0.05) is 17.1 Å². The molecule has 1 N–H and O–H groups in total. The average molecular weight is 361 g/mol. The highest BCUT2D eigenvalue weighted by Crippen LogP contribution is 2.19. The van der Waals surface area contributed by atoms with Crippen molar-refractivity contribution in [2.75, 3.05) is 26.2 Å². The van der Waals surface area contributed by atoms with E-state index in [1.54, 1.807) is 0 Å². The molecule has 3 nitrogen and oxygen atoms in total. The maximum absolute atomic E-state index is 6.17. The summed E-state index contributed by atoms with van der Waals surface area (Å²) in [6.07, 6.45) is 1.17. The zero-order valence-electron chi connectivity index (χ0n) is 15.3. The predicted molar refractivity (Wildman–Crippen MR) is 106 cm³/mol. The zero-order valence-corrected chi connectivity index (χ0v) is 16.1. The lowest BCUT2D eigenvalue weighted by atomic mass is 10.2. The number of rotatable bonds is 11. The van der Waals surface area contributed by atoms with Crippen LogP contribution in [0, 0.1) is 0 Å². The topological polar surface area (TPSA) is 24.5 Å². The number of nitrogens with one attached hydrogen (secondary N) is 1. The molecule has 25 heavy (non-hydrogen) atoms. The third-order valence-electron chi connectivity index (χ3n) is 4.30. The maximum atomic E-state index is 6.17. The van der Waals surface area contributed by atoms with Gasteiger partial charge in [0.2, 0.25) is 0 Å². The molecular weight excluding hydrogens is 332 g/mol. The molecule has 0 unspecified atom stereocenters. The molecular formula is C21H29ClN2O. The summed E-state index contributed by atoms with van der Waals surface area (Å²) in [6, 6.07) is 16.0. The number of halogens is 1. The normalized spacial score (nSPS) is 11.0. The third-order valence-corrected chi connectivity index (χ3v) is 4.67. The van der Waals surface area contributed by atoms with Crippen LogP contribution in [0.5, 0.6) is 5.75 Å². The molecule has 0 bridgehead atoms. The van der Waals surface area contributed by atoms with Gasteiger partial charge in [-0.1, -0.05) is 55.8 Å². The molecule has 0 radical (unpaired) electrons. The van der Waals surface area contributed by atoms with Crippen molar-refractivity contribution in [3.63, 3.8) is 0 Å². The number of hydrogen-bond acceptors (Lipinski definition) is 3. The van der Waals surface area contributed by atoms with Gasteiger partial charge in [0.1, 0.15) is 12.4 Å². The summed E-state index contributed by atoms with van der Waals surface area (Å²) in [5, 5.41) is 4.26. The van der Waals surface area contributed by atoms with E-state index in [9.17, 15) is 0 Å². The fraction of sp³-hybridized carbons (Fsp3) is 0.429. The van der Waals surface area contributed by atoms with Crippen molar-refractivity contribution in [2.45, 2.75) is 33.4 Å². The van der Waals surface area contributed by atoms with Gasteiger partial charge in [-0.25, -0.2) is 0 Å². The van der Waals surface area contributed by atoms with Crippen LogP contribution in [0.3, 0.4) is 0 Å². The highest BCUT2D eigenvalue weighted by molar-refractivity contribution is 6.31. The van der Waals surface area contributed by atoms with Crippen molar-refractivity contribution in [2.24, 2.45) is 0 Å². The molecule has 0 aliphatic carbocycles. The highest BCUT2D eigenvalue weighted by Gasteiger charge is 2.02. The van der Waals surface area contributed by atoms with E-state index >= 15 is 0 Å². The smallest absolute Gasteiger partial charge is 0.120 e.